The Morgan fingerprint density at radius 2 is 1.67 bits per heavy atom. The van der Waals surface area contributed by atoms with Crippen LogP contribution >= 0.6 is 0 Å². The van der Waals surface area contributed by atoms with Gasteiger partial charge in [0.15, 0.2) is 0 Å². The molecule has 0 bridgehead atoms. The molecule has 0 saturated carbocycles. The summed E-state index contributed by atoms with van der Waals surface area (Å²) in [6, 6.07) is 17.5. The molecule has 1 aromatic heterocycles. The summed E-state index contributed by atoms with van der Waals surface area (Å²) in [4.78, 5) is 17.1. The van der Waals surface area contributed by atoms with E-state index < -0.39 is 0 Å². The van der Waals surface area contributed by atoms with Gasteiger partial charge in [-0.2, -0.15) is 5.10 Å². The quantitative estimate of drug-likeness (QED) is 0.679. The van der Waals surface area contributed by atoms with Crippen molar-refractivity contribution >= 4 is 11.6 Å². The lowest BCUT2D eigenvalue weighted by Gasteiger charge is -2.35. The van der Waals surface area contributed by atoms with Crippen LogP contribution in [0.5, 0.6) is 11.5 Å². The second-order valence-electron chi connectivity index (χ2n) is 7.10. The fourth-order valence-corrected chi connectivity index (χ4v) is 3.60. The fraction of sp³-hybridized carbons (Fsp3) is 0.304. The molecule has 1 aliphatic rings. The molecular weight excluding hydrogens is 380 g/mol. The summed E-state index contributed by atoms with van der Waals surface area (Å²) in [7, 11) is 1.66. The third-order valence-electron chi connectivity index (χ3n) is 5.27. The van der Waals surface area contributed by atoms with Gasteiger partial charge in [-0.3, -0.25) is 9.89 Å². The molecule has 0 aliphatic carbocycles. The summed E-state index contributed by atoms with van der Waals surface area (Å²) in [5.74, 6) is 1.65. The maximum Gasteiger partial charge on any atom is 0.272 e. The summed E-state index contributed by atoms with van der Waals surface area (Å²) in [6.45, 7) is 5.50. The average molecular weight is 406 g/mol. The minimum absolute atomic E-state index is 0.0194. The van der Waals surface area contributed by atoms with Crippen LogP contribution in [0.4, 0.5) is 5.69 Å². The fourth-order valence-electron chi connectivity index (χ4n) is 3.60. The highest BCUT2D eigenvalue weighted by atomic mass is 16.5. The summed E-state index contributed by atoms with van der Waals surface area (Å²) < 4.78 is 10.7. The summed E-state index contributed by atoms with van der Waals surface area (Å²) in [5.41, 5.74) is 3.34. The van der Waals surface area contributed by atoms with Crippen molar-refractivity contribution in [2.75, 3.05) is 44.8 Å². The molecule has 1 N–H and O–H groups in total. The largest absolute Gasteiger partial charge is 0.497 e. The van der Waals surface area contributed by atoms with Crippen molar-refractivity contribution in [1.29, 1.82) is 0 Å². The molecule has 3 aromatic rings. The van der Waals surface area contributed by atoms with E-state index in [1.807, 2.05) is 66.4 Å². The zero-order chi connectivity index (χ0) is 20.9. The Hall–Kier alpha value is -3.48. The minimum Gasteiger partial charge on any atom is -0.497 e. The maximum atomic E-state index is 12.9. The van der Waals surface area contributed by atoms with Crippen molar-refractivity contribution in [2.45, 2.75) is 6.92 Å². The average Bonchev–Trinajstić information content (AvgIpc) is 3.30. The molecule has 2 heterocycles. The van der Waals surface area contributed by atoms with Crippen LogP contribution in [0.1, 0.15) is 17.4 Å². The van der Waals surface area contributed by atoms with Gasteiger partial charge in [-0.15, -0.1) is 0 Å². The van der Waals surface area contributed by atoms with E-state index in [1.165, 1.54) is 0 Å². The SMILES string of the molecule is CCOc1ccc(-c2cc(C(=O)N3CCN(c4ccc(OC)cc4)CC3)[nH]n2)cc1. The molecule has 0 spiro atoms. The molecule has 1 amide bonds. The highest BCUT2D eigenvalue weighted by Crippen LogP contribution is 2.23. The number of aromatic nitrogens is 2. The first-order valence-corrected chi connectivity index (χ1v) is 10.1. The standard InChI is InChI=1S/C23H26N4O3/c1-3-30-20-8-4-17(5-9-20)21-16-22(25-24-21)23(28)27-14-12-26(13-15-27)18-6-10-19(29-2)11-7-18/h4-11,16H,3,12-15H2,1-2H3,(H,24,25). The number of nitrogens with zero attached hydrogens (tertiary/aromatic N) is 3. The van der Waals surface area contributed by atoms with Crippen LogP contribution in [0, 0.1) is 0 Å². The number of methoxy groups -OCH3 is 1. The maximum absolute atomic E-state index is 12.9. The van der Waals surface area contributed by atoms with E-state index in [1.54, 1.807) is 7.11 Å². The van der Waals surface area contributed by atoms with Gasteiger partial charge in [-0.25, -0.2) is 0 Å². The number of anilines is 1. The topological polar surface area (TPSA) is 70.7 Å². The van der Waals surface area contributed by atoms with Crippen LogP contribution in [0.25, 0.3) is 11.3 Å². The Bertz CT molecular complexity index is 974. The Morgan fingerprint density at radius 3 is 2.30 bits per heavy atom. The molecule has 1 aliphatic heterocycles. The van der Waals surface area contributed by atoms with Gasteiger partial charge in [0.25, 0.3) is 5.91 Å². The lowest BCUT2D eigenvalue weighted by atomic mass is 10.1. The lowest BCUT2D eigenvalue weighted by Crippen LogP contribution is -2.48. The van der Waals surface area contributed by atoms with E-state index in [-0.39, 0.29) is 5.91 Å². The number of hydrogen-bond donors (Lipinski definition) is 1. The summed E-state index contributed by atoms with van der Waals surface area (Å²) in [5, 5.41) is 7.22. The third kappa shape index (κ3) is 4.25. The van der Waals surface area contributed by atoms with Crippen molar-refractivity contribution in [3.63, 3.8) is 0 Å². The number of ether oxygens (including phenoxy) is 2. The van der Waals surface area contributed by atoms with E-state index in [0.717, 1.165) is 41.5 Å². The van der Waals surface area contributed by atoms with Crippen LogP contribution in [0.2, 0.25) is 0 Å². The first-order valence-electron chi connectivity index (χ1n) is 10.1. The smallest absolute Gasteiger partial charge is 0.272 e. The normalized spacial score (nSPS) is 13.9. The number of rotatable bonds is 6. The molecule has 1 fully saturated rings. The number of benzene rings is 2. The van der Waals surface area contributed by atoms with Gasteiger partial charge in [0.2, 0.25) is 0 Å². The van der Waals surface area contributed by atoms with Crippen molar-refractivity contribution < 1.29 is 14.3 Å². The van der Waals surface area contributed by atoms with Crippen LogP contribution in [-0.2, 0) is 0 Å². The Morgan fingerprint density at radius 1 is 1.00 bits per heavy atom. The van der Waals surface area contributed by atoms with Crippen molar-refractivity contribution in [3.05, 3.63) is 60.3 Å². The van der Waals surface area contributed by atoms with Gasteiger partial charge in [-0.05, 0) is 61.5 Å². The van der Waals surface area contributed by atoms with E-state index in [2.05, 4.69) is 15.1 Å². The molecule has 4 rings (SSSR count). The third-order valence-corrected chi connectivity index (χ3v) is 5.27. The number of carbonyl (C=O) groups is 1. The predicted molar refractivity (Wildman–Crippen MR) is 116 cm³/mol. The molecule has 1 saturated heterocycles. The Balaban J connectivity index is 1.37. The molecule has 2 aromatic carbocycles. The number of amides is 1. The van der Waals surface area contributed by atoms with Gasteiger partial charge in [-0.1, -0.05) is 0 Å². The van der Waals surface area contributed by atoms with Crippen LogP contribution < -0.4 is 14.4 Å². The zero-order valence-electron chi connectivity index (χ0n) is 17.3. The molecule has 156 valence electrons. The number of piperazine rings is 1. The molecule has 7 nitrogen and oxygen atoms in total. The number of aromatic amines is 1. The van der Waals surface area contributed by atoms with Crippen molar-refractivity contribution in [1.82, 2.24) is 15.1 Å². The van der Waals surface area contributed by atoms with Gasteiger partial charge >= 0.3 is 0 Å². The highest BCUT2D eigenvalue weighted by Gasteiger charge is 2.24. The first-order chi connectivity index (χ1) is 14.7. The highest BCUT2D eigenvalue weighted by molar-refractivity contribution is 5.93. The van der Waals surface area contributed by atoms with Gasteiger partial charge in [0.05, 0.1) is 19.4 Å². The monoisotopic (exact) mass is 406 g/mol. The number of hydrogen-bond acceptors (Lipinski definition) is 5. The molecule has 0 radical (unpaired) electrons. The second kappa shape index (κ2) is 8.90. The number of H-pyrrole nitrogens is 1. The van der Waals surface area contributed by atoms with Crippen LogP contribution in [0.15, 0.2) is 54.6 Å². The second-order valence-corrected chi connectivity index (χ2v) is 7.10. The van der Waals surface area contributed by atoms with E-state index >= 15 is 0 Å². The van der Waals surface area contributed by atoms with Crippen LogP contribution in [0.3, 0.4) is 0 Å². The molecule has 30 heavy (non-hydrogen) atoms. The minimum atomic E-state index is -0.0194. The Kier molecular flexibility index (Phi) is 5.88. The lowest BCUT2D eigenvalue weighted by molar-refractivity contribution is 0.0741. The zero-order valence-corrected chi connectivity index (χ0v) is 17.3. The van der Waals surface area contributed by atoms with Gasteiger partial charge in [0.1, 0.15) is 17.2 Å². The first kappa shape index (κ1) is 19.8. The predicted octanol–water partition coefficient (Wildman–Crippen LogP) is 3.45. The van der Waals surface area contributed by atoms with Crippen LogP contribution in [-0.4, -0.2) is 60.9 Å². The molecule has 0 unspecified atom stereocenters. The summed E-state index contributed by atoms with van der Waals surface area (Å²) in [6.07, 6.45) is 0. The molecule has 7 heteroatoms. The van der Waals surface area contributed by atoms with E-state index in [4.69, 9.17) is 9.47 Å². The van der Waals surface area contributed by atoms with Gasteiger partial charge in [0, 0.05) is 37.4 Å². The van der Waals surface area contributed by atoms with Gasteiger partial charge < -0.3 is 19.3 Å². The molecular formula is C23H26N4O3. The van der Waals surface area contributed by atoms with E-state index in [0.29, 0.717) is 25.4 Å². The number of carbonyl (C=O) groups excluding carboxylic acids is 1. The van der Waals surface area contributed by atoms with Crippen molar-refractivity contribution in [2.24, 2.45) is 0 Å². The summed E-state index contributed by atoms with van der Waals surface area (Å²) >= 11 is 0. The number of nitrogens with one attached hydrogen (secondary N) is 1. The molecule has 0 atom stereocenters. The Labute approximate surface area is 176 Å². The van der Waals surface area contributed by atoms with E-state index in [9.17, 15) is 4.79 Å². The van der Waals surface area contributed by atoms with Crippen molar-refractivity contribution in [3.8, 4) is 22.8 Å².